The number of carbonyl (C=O) groups is 1. The minimum absolute atomic E-state index is 0.107. The Morgan fingerprint density at radius 3 is 3.04 bits per heavy atom. The van der Waals surface area contributed by atoms with Gasteiger partial charge in [-0.2, -0.15) is 4.98 Å². The van der Waals surface area contributed by atoms with Crippen LogP contribution in [0, 0.1) is 0 Å². The number of halogens is 1. The number of carbonyl (C=O) groups excluding carboxylic acids is 1. The van der Waals surface area contributed by atoms with E-state index in [1.807, 2.05) is 24.3 Å². The predicted octanol–water partition coefficient (Wildman–Crippen LogP) is 3.72. The first kappa shape index (κ1) is 17.5. The highest BCUT2D eigenvalue weighted by Gasteiger charge is 2.15. The summed E-state index contributed by atoms with van der Waals surface area (Å²) < 4.78 is 0.838. The Morgan fingerprint density at radius 1 is 1.32 bits per heavy atom. The highest BCUT2D eigenvalue weighted by atomic mass is 79.9. The molecule has 2 heterocycles. The van der Waals surface area contributed by atoms with Crippen LogP contribution in [0.2, 0.25) is 0 Å². The molecule has 0 atom stereocenters. The predicted molar refractivity (Wildman–Crippen MR) is 104 cm³/mol. The minimum atomic E-state index is -0.107. The van der Waals surface area contributed by atoms with E-state index in [0.29, 0.717) is 12.5 Å². The van der Waals surface area contributed by atoms with Crippen LogP contribution < -0.4 is 20.9 Å². The average molecular weight is 405 g/mol. The number of nitrogens with one attached hydrogen (secondary N) is 3. The number of hydrogen-bond acceptors (Lipinski definition) is 5. The van der Waals surface area contributed by atoms with Crippen LogP contribution in [0.5, 0.6) is 0 Å². The van der Waals surface area contributed by atoms with Gasteiger partial charge in [-0.05, 0) is 53.4 Å². The quantitative estimate of drug-likeness (QED) is 0.622. The number of urea groups is 1. The Hall–Kier alpha value is -2.35. The number of nitrogens with zero attached hydrogens (tertiary/aromatic N) is 3. The first-order valence-electron chi connectivity index (χ1n) is 8.30. The van der Waals surface area contributed by atoms with Crippen molar-refractivity contribution in [1.82, 2.24) is 15.3 Å². The molecule has 8 heteroatoms. The van der Waals surface area contributed by atoms with Gasteiger partial charge in [0.1, 0.15) is 5.82 Å². The second-order valence-corrected chi connectivity index (χ2v) is 6.61. The van der Waals surface area contributed by atoms with E-state index in [9.17, 15) is 4.79 Å². The molecular formula is C17H21BrN6O. The number of anilines is 4. The zero-order valence-corrected chi connectivity index (χ0v) is 15.6. The summed E-state index contributed by atoms with van der Waals surface area (Å²) in [5.41, 5.74) is 1.67. The van der Waals surface area contributed by atoms with Gasteiger partial charge in [-0.15, -0.1) is 0 Å². The third kappa shape index (κ3) is 4.39. The number of rotatable bonds is 0. The summed E-state index contributed by atoms with van der Waals surface area (Å²) in [5, 5.41) is 9.24. The molecule has 1 aliphatic heterocycles. The zero-order chi connectivity index (χ0) is 17.6. The number of benzene rings is 1. The van der Waals surface area contributed by atoms with Crippen LogP contribution in [0.3, 0.4) is 0 Å². The van der Waals surface area contributed by atoms with Crippen molar-refractivity contribution in [3.8, 4) is 0 Å². The van der Waals surface area contributed by atoms with E-state index in [-0.39, 0.29) is 6.03 Å². The smallest absolute Gasteiger partial charge is 0.321 e. The highest BCUT2D eigenvalue weighted by molar-refractivity contribution is 9.10. The first-order chi connectivity index (χ1) is 12.2. The molecule has 1 aliphatic rings. The summed E-state index contributed by atoms with van der Waals surface area (Å²) >= 11 is 3.47. The van der Waals surface area contributed by atoms with Crippen LogP contribution in [-0.4, -0.2) is 36.1 Å². The number of hydrogen-bond donors (Lipinski definition) is 3. The van der Waals surface area contributed by atoms with Gasteiger partial charge in [0.25, 0.3) is 0 Å². The van der Waals surface area contributed by atoms with E-state index in [1.165, 1.54) is 0 Å². The minimum Gasteiger partial charge on any atom is -0.369 e. The molecule has 0 saturated carbocycles. The Bertz CT molecular complexity index is 754. The lowest BCUT2D eigenvalue weighted by molar-refractivity contribution is 0.248. The van der Waals surface area contributed by atoms with E-state index in [1.54, 1.807) is 18.1 Å². The third-order valence-electron chi connectivity index (χ3n) is 3.97. The second kappa shape index (κ2) is 8.15. The lowest BCUT2D eigenvalue weighted by Crippen LogP contribution is -2.38. The molecule has 0 fully saturated rings. The molecule has 3 rings (SSSR count). The molecule has 1 aromatic carbocycles. The van der Waals surface area contributed by atoms with Gasteiger partial charge in [0.15, 0.2) is 0 Å². The van der Waals surface area contributed by atoms with Crippen LogP contribution in [0.25, 0.3) is 0 Å². The molecule has 132 valence electrons. The van der Waals surface area contributed by atoms with E-state index >= 15 is 0 Å². The molecule has 7 nitrogen and oxygen atoms in total. The molecule has 0 spiro atoms. The molecule has 1 aromatic heterocycles. The van der Waals surface area contributed by atoms with Gasteiger partial charge < -0.3 is 16.0 Å². The van der Waals surface area contributed by atoms with Gasteiger partial charge in [0.2, 0.25) is 5.95 Å². The molecule has 0 saturated heterocycles. The molecule has 0 radical (unpaired) electrons. The fraction of sp³-hybridized carbons (Fsp3) is 0.353. The fourth-order valence-corrected chi connectivity index (χ4v) is 3.02. The molecule has 0 unspecified atom stereocenters. The fourth-order valence-electron chi connectivity index (χ4n) is 2.69. The van der Waals surface area contributed by atoms with Crippen LogP contribution >= 0.6 is 15.9 Å². The second-order valence-electron chi connectivity index (χ2n) is 5.76. The summed E-state index contributed by atoms with van der Waals surface area (Å²) in [4.78, 5) is 22.8. The van der Waals surface area contributed by atoms with E-state index in [0.717, 1.165) is 47.5 Å². The molecular weight excluding hydrogens is 384 g/mol. The van der Waals surface area contributed by atoms with Gasteiger partial charge in [-0.25, -0.2) is 9.78 Å². The van der Waals surface area contributed by atoms with E-state index in [4.69, 9.17) is 0 Å². The van der Waals surface area contributed by atoms with Crippen molar-refractivity contribution >= 4 is 45.1 Å². The Kier molecular flexibility index (Phi) is 5.70. The number of fused-ring (bicyclic) bond motifs is 4. The number of aromatic nitrogens is 2. The highest BCUT2D eigenvalue weighted by Crippen LogP contribution is 2.25. The maximum atomic E-state index is 12.2. The summed E-state index contributed by atoms with van der Waals surface area (Å²) in [7, 11) is 1.65. The van der Waals surface area contributed by atoms with Crippen molar-refractivity contribution in [2.75, 3.05) is 35.7 Å². The standard InChI is InChI=1S/C17H21BrN6O/c1-19-17(25)24-9-4-2-3-8-20-15-14(18)11-21-16(23-15)22-12-6-5-7-13(24)10-12/h5-7,10-11H,2-4,8-9H2,1H3,(H,19,25)(H2,20,21,22,23). The molecule has 2 aromatic rings. The monoisotopic (exact) mass is 404 g/mol. The van der Waals surface area contributed by atoms with Crippen molar-refractivity contribution in [2.24, 2.45) is 0 Å². The van der Waals surface area contributed by atoms with Crippen molar-refractivity contribution in [2.45, 2.75) is 19.3 Å². The summed E-state index contributed by atoms with van der Waals surface area (Å²) in [6.07, 6.45) is 4.68. The first-order valence-corrected chi connectivity index (χ1v) is 9.09. The van der Waals surface area contributed by atoms with Crippen molar-refractivity contribution in [1.29, 1.82) is 0 Å². The third-order valence-corrected chi connectivity index (χ3v) is 4.55. The van der Waals surface area contributed by atoms with E-state index in [2.05, 4.69) is 41.8 Å². The average Bonchev–Trinajstić information content (AvgIpc) is 2.62. The largest absolute Gasteiger partial charge is 0.369 e. The Labute approximate surface area is 155 Å². The van der Waals surface area contributed by atoms with Crippen LogP contribution in [0.4, 0.5) is 27.9 Å². The molecule has 2 amide bonds. The van der Waals surface area contributed by atoms with Gasteiger partial charge in [0, 0.05) is 37.7 Å². The molecule has 25 heavy (non-hydrogen) atoms. The van der Waals surface area contributed by atoms with Gasteiger partial charge in [-0.1, -0.05) is 6.07 Å². The van der Waals surface area contributed by atoms with E-state index < -0.39 is 0 Å². The van der Waals surface area contributed by atoms with Crippen LogP contribution in [-0.2, 0) is 0 Å². The normalized spacial score (nSPS) is 14.7. The lowest BCUT2D eigenvalue weighted by atomic mass is 10.2. The summed E-state index contributed by atoms with van der Waals surface area (Å²) in [6, 6.07) is 7.60. The topological polar surface area (TPSA) is 82.2 Å². The maximum absolute atomic E-state index is 12.2. The van der Waals surface area contributed by atoms with Gasteiger partial charge in [0.05, 0.1) is 4.47 Å². The number of amides is 2. The molecule has 3 N–H and O–H groups in total. The summed E-state index contributed by atoms with van der Waals surface area (Å²) in [5.74, 6) is 1.28. The maximum Gasteiger partial charge on any atom is 0.321 e. The lowest BCUT2D eigenvalue weighted by Gasteiger charge is -2.23. The SMILES string of the molecule is CNC(=O)N1CCCCCNc2nc(ncc2Br)Nc2cccc1c2. The van der Waals surface area contributed by atoms with Crippen LogP contribution in [0.1, 0.15) is 19.3 Å². The van der Waals surface area contributed by atoms with Gasteiger partial charge >= 0.3 is 6.03 Å². The molecule has 4 bridgehead atoms. The van der Waals surface area contributed by atoms with Crippen molar-refractivity contribution in [3.05, 3.63) is 34.9 Å². The zero-order valence-electron chi connectivity index (χ0n) is 14.1. The van der Waals surface area contributed by atoms with Crippen LogP contribution in [0.15, 0.2) is 34.9 Å². The van der Waals surface area contributed by atoms with Crippen molar-refractivity contribution < 1.29 is 4.79 Å². The Balaban J connectivity index is 1.94. The Morgan fingerprint density at radius 2 is 2.20 bits per heavy atom. The van der Waals surface area contributed by atoms with Crippen molar-refractivity contribution in [3.63, 3.8) is 0 Å². The molecule has 0 aliphatic carbocycles. The summed E-state index contributed by atoms with van der Waals surface area (Å²) in [6.45, 7) is 1.49. The van der Waals surface area contributed by atoms with Gasteiger partial charge in [-0.3, -0.25) is 4.90 Å².